The molecule has 0 spiro atoms. The van der Waals surface area contributed by atoms with Crippen LogP contribution in [0.1, 0.15) is 31.3 Å². The van der Waals surface area contributed by atoms with Crippen LogP contribution in [-0.2, 0) is 12.4 Å². The van der Waals surface area contributed by atoms with Crippen LogP contribution in [0.5, 0.6) is 0 Å². The fourth-order valence-corrected chi connectivity index (χ4v) is 1.14. The quantitative estimate of drug-likeness (QED) is 0.693. The summed E-state index contributed by atoms with van der Waals surface area (Å²) < 4.78 is 74.0. The van der Waals surface area contributed by atoms with Crippen molar-refractivity contribution in [1.29, 1.82) is 0 Å². The summed E-state index contributed by atoms with van der Waals surface area (Å²) in [5.74, 6) is 0. The first kappa shape index (κ1) is 12.9. The minimum absolute atomic E-state index is 0.0139. The van der Waals surface area contributed by atoms with Gasteiger partial charge in [-0.05, 0) is 13.8 Å². The van der Waals surface area contributed by atoms with Crippen LogP contribution < -0.4 is 0 Å². The number of alkyl halides is 6. The molecule has 0 aromatic carbocycles. The van der Waals surface area contributed by atoms with Gasteiger partial charge in [0.2, 0.25) is 0 Å². The van der Waals surface area contributed by atoms with E-state index in [1.807, 2.05) is 0 Å². The topological polar surface area (TPSA) is 17.8 Å². The Balaban J connectivity index is 3.32. The van der Waals surface area contributed by atoms with Gasteiger partial charge in [0.25, 0.3) is 0 Å². The highest BCUT2D eigenvalue weighted by Crippen LogP contribution is 2.36. The molecule has 0 fully saturated rings. The van der Waals surface area contributed by atoms with Crippen molar-refractivity contribution in [2.75, 3.05) is 0 Å². The number of nitrogens with zero attached hydrogens (tertiary/aromatic N) is 2. The molecule has 1 aromatic heterocycles. The average Bonchev–Trinajstić information content (AvgIpc) is 2.44. The van der Waals surface area contributed by atoms with Crippen molar-refractivity contribution >= 4 is 0 Å². The first-order valence-corrected chi connectivity index (χ1v) is 4.27. The summed E-state index contributed by atoms with van der Waals surface area (Å²) in [5, 5.41) is 2.92. The molecule has 0 N–H and O–H groups in total. The van der Waals surface area contributed by atoms with Crippen LogP contribution in [0.2, 0.25) is 0 Å². The maximum atomic E-state index is 12.4. The molecular formula is C8H8F6N2. The van der Waals surface area contributed by atoms with Gasteiger partial charge in [-0.3, -0.25) is 4.68 Å². The molecule has 0 bridgehead atoms. The van der Waals surface area contributed by atoms with Crippen molar-refractivity contribution in [1.82, 2.24) is 9.78 Å². The van der Waals surface area contributed by atoms with E-state index in [4.69, 9.17) is 0 Å². The lowest BCUT2D eigenvalue weighted by Crippen LogP contribution is -2.16. The zero-order chi connectivity index (χ0) is 12.7. The fraction of sp³-hybridized carbons (Fsp3) is 0.625. The van der Waals surface area contributed by atoms with E-state index in [0.29, 0.717) is 4.68 Å². The number of hydrogen-bond acceptors (Lipinski definition) is 1. The van der Waals surface area contributed by atoms with Crippen LogP contribution in [0.25, 0.3) is 0 Å². The molecule has 0 radical (unpaired) electrons. The molecule has 0 aliphatic rings. The average molecular weight is 246 g/mol. The predicted molar refractivity (Wildman–Crippen MR) is 42.6 cm³/mol. The summed E-state index contributed by atoms with van der Waals surface area (Å²) in [5.41, 5.74) is -2.93. The lowest BCUT2D eigenvalue weighted by Gasteiger charge is -2.12. The van der Waals surface area contributed by atoms with E-state index < -0.39 is 29.8 Å². The first-order chi connectivity index (χ1) is 7.03. The zero-order valence-electron chi connectivity index (χ0n) is 8.32. The minimum atomic E-state index is -4.87. The highest BCUT2D eigenvalue weighted by molar-refractivity contribution is 5.16. The maximum absolute atomic E-state index is 12.4. The molecule has 0 amide bonds. The second-order valence-corrected chi connectivity index (χ2v) is 3.45. The summed E-state index contributed by atoms with van der Waals surface area (Å²) in [4.78, 5) is 0. The van der Waals surface area contributed by atoms with E-state index in [1.54, 1.807) is 0 Å². The normalized spacial score (nSPS) is 13.6. The number of hydrogen-bond donors (Lipinski definition) is 0. The number of aromatic nitrogens is 2. The van der Waals surface area contributed by atoms with Gasteiger partial charge in [0.1, 0.15) is 5.69 Å². The van der Waals surface area contributed by atoms with Crippen LogP contribution in [0, 0.1) is 0 Å². The molecule has 0 unspecified atom stereocenters. The van der Waals surface area contributed by atoms with Gasteiger partial charge < -0.3 is 0 Å². The molecule has 0 aliphatic heterocycles. The van der Waals surface area contributed by atoms with Crippen molar-refractivity contribution in [3.8, 4) is 0 Å². The minimum Gasteiger partial charge on any atom is -0.257 e. The molecule has 92 valence electrons. The molecule has 2 nitrogen and oxygen atoms in total. The molecular weight excluding hydrogens is 238 g/mol. The molecule has 16 heavy (non-hydrogen) atoms. The smallest absolute Gasteiger partial charge is 0.257 e. The third-order valence-corrected chi connectivity index (χ3v) is 1.81. The first-order valence-electron chi connectivity index (χ1n) is 4.27. The van der Waals surface area contributed by atoms with Gasteiger partial charge in [0, 0.05) is 12.1 Å². The molecule has 8 heteroatoms. The van der Waals surface area contributed by atoms with E-state index in [0.717, 1.165) is 0 Å². The van der Waals surface area contributed by atoms with Crippen LogP contribution >= 0.6 is 0 Å². The van der Waals surface area contributed by atoms with Gasteiger partial charge in [-0.25, -0.2) is 0 Å². The van der Waals surface area contributed by atoms with Crippen molar-refractivity contribution in [3.05, 3.63) is 17.5 Å². The Morgan fingerprint density at radius 2 is 1.56 bits per heavy atom. The molecule has 0 aliphatic carbocycles. The highest BCUT2D eigenvalue weighted by Gasteiger charge is 2.42. The van der Waals surface area contributed by atoms with Gasteiger partial charge in [-0.15, -0.1) is 0 Å². The Hall–Kier alpha value is -1.21. The molecule has 0 saturated heterocycles. The van der Waals surface area contributed by atoms with Gasteiger partial charge in [-0.1, -0.05) is 0 Å². The van der Waals surface area contributed by atoms with Crippen LogP contribution in [0.4, 0.5) is 26.3 Å². The summed E-state index contributed by atoms with van der Waals surface area (Å²) in [6.07, 6.45) is -9.72. The molecule has 1 heterocycles. The van der Waals surface area contributed by atoms with E-state index in [2.05, 4.69) is 5.10 Å². The summed E-state index contributed by atoms with van der Waals surface area (Å²) in [7, 11) is 0. The molecule has 0 atom stereocenters. The standard InChI is InChI=1S/C8H8F6N2/c1-4(2)16-6(8(12,13)14)3-5(15-16)7(9,10)11/h3-4H,1-2H3. The molecule has 1 aromatic rings. The molecule has 0 saturated carbocycles. The monoisotopic (exact) mass is 246 g/mol. The van der Waals surface area contributed by atoms with Crippen molar-refractivity contribution in [3.63, 3.8) is 0 Å². The Labute approximate surface area is 86.9 Å². The number of halogens is 6. The van der Waals surface area contributed by atoms with Crippen molar-refractivity contribution < 1.29 is 26.3 Å². The van der Waals surface area contributed by atoms with Gasteiger partial charge in [0.15, 0.2) is 5.69 Å². The maximum Gasteiger partial charge on any atom is 0.435 e. The van der Waals surface area contributed by atoms with Crippen LogP contribution in [0.3, 0.4) is 0 Å². The summed E-state index contributed by atoms with van der Waals surface area (Å²) in [6.45, 7) is 2.64. The Morgan fingerprint density at radius 1 is 1.06 bits per heavy atom. The SMILES string of the molecule is CC(C)n1nc(C(F)(F)F)cc1C(F)(F)F. The van der Waals surface area contributed by atoms with Crippen LogP contribution in [-0.4, -0.2) is 9.78 Å². The van der Waals surface area contributed by atoms with E-state index in [9.17, 15) is 26.3 Å². The lowest BCUT2D eigenvalue weighted by atomic mass is 10.3. The van der Waals surface area contributed by atoms with E-state index >= 15 is 0 Å². The second-order valence-electron chi connectivity index (χ2n) is 3.45. The Kier molecular flexibility index (Phi) is 2.95. The third-order valence-electron chi connectivity index (χ3n) is 1.81. The Morgan fingerprint density at radius 3 is 1.81 bits per heavy atom. The lowest BCUT2D eigenvalue weighted by molar-refractivity contribution is -0.144. The largest absolute Gasteiger partial charge is 0.435 e. The summed E-state index contributed by atoms with van der Waals surface area (Å²) >= 11 is 0. The third kappa shape index (κ3) is 2.48. The van der Waals surface area contributed by atoms with Gasteiger partial charge >= 0.3 is 12.4 Å². The van der Waals surface area contributed by atoms with Gasteiger partial charge in [-0.2, -0.15) is 31.4 Å². The van der Waals surface area contributed by atoms with E-state index in [-0.39, 0.29) is 6.07 Å². The highest BCUT2D eigenvalue weighted by atomic mass is 19.4. The van der Waals surface area contributed by atoms with E-state index in [1.165, 1.54) is 13.8 Å². The van der Waals surface area contributed by atoms with Crippen LogP contribution in [0.15, 0.2) is 6.07 Å². The molecule has 1 rings (SSSR count). The predicted octanol–water partition coefficient (Wildman–Crippen LogP) is 3.50. The van der Waals surface area contributed by atoms with Crippen molar-refractivity contribution in [2.24, 2.45) is 0 Å². The fourth-order valence-electron chi connectivity index (χ4n) is 1.14. The Bertz CT molecular complexity index is 373. The number of rotatable bonds is 1. The zero-order valence-corrected chi connectivity index (χ0v) is 8.32. The van der Waals surface area contributed by atoms with Crippen molar-refractivity contribution in [2.45, 2.75) is 32.2 Å². The van der Waals surface area contributed by atoms with Gasteiger partial charge in [0.05, 0.1) is 0 Å². The summed E-state index contributed by atoms with van der Waals surface area (Å²) in [6, 6.07) is -0.785. The second kappa shape index (κ2) is 3.67.